The lowest BCUT2D eigenvalue weighted by atomic mass is 10.0. The molecule has 4 aromatic rings. The van der Waals surface area contributed by atoms with Gasteiger partial charge < -0.3 is 24.8 Å². The number of carbonyl (C=O) groups is 1. The number of nitrogens with one attached hydrogen (secondary N) is 1. The smallest absolute Gasteiger partial charge is 0.274 e. The Bertz CT molecular complexity index is 1280. The predicted octanol–water partition coefficient (Wildman–Crippen LogP) is 4.19. The quantitative estimate of drug-likeness (QED) is 0.390. The topological polar surface area (TPSA) is 97.4 Å². The van der Waals surface area contributed by atoms with E-state index in [-0.39, 0.29) is 11.8 Å². The maximum atomic E-state index is 13.4. The summed E-state index contributed by atoms with van der Waals surface area (Å²) in [5.41, 5.74) is 10.9. The molecule has 0 aliphatic carbocycles. The molecule has 2 aromatic carbocycles. The number of aryl methyl sites for hydroxylation is 1. The number of ether oxygens (including phenoxy) is 1. The molecule has 0 radical (unpaired) electrons. The van der Waals surface area contributed by atoms with E-state index in [1.807, 2.05) is 24.3 Å². The highest BCUT2D eigenvalue weighted by Gasteiger charge is 2.36. The summed E-state index contributed by atoms with van der Waals surface area (Å²) in [6, 6.07) is 9.24. The zero-order valence-corrected chi connectivity index (χ0v) is 16.7. The monoisotopic (exact) mass is 410 g/mol. The first-order valence-corrected chi connectivity index (χ1v) is 9.77. The molecule has 2 aromatic heterocycles. The number of nitrogens with two attached hydrogens (primary N) is 1. The molecule has 0 bridgehead atoms. The number of H-pyrrole nitrogens is 1. The van der Waals surface area contributed by atoms with Crippen LogP contribution in [0.4, 0.5) is 11.4 Å². The molecule has 7 nitrogen and oxygen atoms in total. The standard InChI is InChI=1S/C21H19ClN4O3/c1-10-24-19-18-12(8-22)9-26(17(18)7-14(23)20(19)29-10)21(27)16-6-11-5-13(28-2)3-4-15(11)25-16/h3-7,12,25H,8-9,23H2,1-2H3. The highest BCUT2D eigenvalue weighted by Crippen LogP contribution is 2.44. The molecule has 3 N–H and O–H groups in total. The molecule has 1 atom stereocenters. The van der Waals surface area contributed by atoms with Crippen LogP contribution in [0.15, 0.2) is 34.7 Å². The van der Waals surface area contributed by atoms with Crippen LogP contribution in [0.3, 0.4) is 0 Å². The van der Waals surface area contributed by atoms with Gasteiger partial charge in [0, 0.05) is 41.7 Å². The van der Waals surface area contributed by atoms with Crippen LogP contribution in [-0.2, 0) is 0 Å². The van der Waals surface area contributed by atoms with E-state index >= 15 is 0 Å². The average Bonchev–Trinajstić information content (AvgIpc) is 3.40. The summed E-state index contributed by atoms with van der Waals surface area (Å²) >= 11 is 6.25. The van der Waals surface area contributed by atoms with Gasteiger partial charge in [0.25, 0.3) is 5.91 Å². The van der Waals surface area contributed by atoms with Crippen molar-refractivity contribution >= 4 is 50.9 Å². The fraction of sp³-hybridized carbons (Fsp3) is 0.238. The van der Waals surface area contributed by atoms with Gasteiger partial charge >= 0.3 is 0 Å². The number of hydrogen-bond acceptors (Lipinski definition) is 5. The van der Waals surface area contributed by atoms with Crippen molar-refractivity contribution in [3.8, 4) is 5.75 Å². The molecule has 148 valence electrons. The number of carbonyl (C=O) groups excluding carboxylic acids is 1. The second-order valence-electron chi connectivity index (χ2n) is 7.21. The minimum Gasteiger partial charge on any atom is -0.497 e. The zero-order valence-electron chi connectivity index (χ0n) is 16.0. The first kappa shape index (κ1) is 17.9. The second kappa shape index (κ2) is 6.42. The van der Waals surface area contributed by atoms with E-state index < -0.39 is 0 Å². The number of oxazole rings is 1. The van der Waals surface area contributed by atoms with Crippen LogP contribution in [0, 0.1) is 6.92 Å². The summed E-state index contributed by atoms with van der Waals surface area (Å²) in [6.45, 7) is 2.24. The number of aromatic nitrogens is 2. The van der Waals surface area contributed by atoms with Crippen LogP contribution in [0.25, 0.3) is 22.0 Å². The number of methoxy groups -OCH3 is 1. The van der Waals surface area contributed by atoms with Crippen LogP contribution in [0.5, 0.6) is 5.75 Å². The first-order chi connectivity index (χ1) is 14.0. The molecule has 3 heterocycles. The van der Waals surface area contributed by atoms with Gasteiger partial charge in [-0.1, -0.05) is 0 Å². The Morgan fingerprint density at radius 1 is 1.41 bits per heavy atom. The van der Waals surface area contributed by atoms with Crippen LogP contribution < -0.4 is 15.4 Å². The number of nitrogens with zero attached hydrogens (tertiary/aromatic N) is 2. The van der Waals surface area contributed by atoms with Gasteiger partial charge in [-0.2, -0.15) is 0 Å². The molecule has 1 unspecified atom stereocenters. The van der Waals surface area contributed by atoms with Gasteiger partial charge in [-0.3, -0.25) is 4.79 Å². The third-order valence-electron chi connectivity index (χ3n) is 5.41. The fourth-order valence-corrected chi connectivity index (χ4v) is 4.32. The van der Waals surface area contributed by atoms with Gasteiger partial charge in [0.05, 0.1) is 18.5 Å². The molecular formula is C21H19ClN4O3. The Kier molecular flexibility index (Phi) is 3.96. The van der Waals surface area contributed by atoms with E-state index in [2.05, 4.69) is 9.97 Å². The van der Waals surface area contributed by atoms with Crippen LogP contribution in [0.2, 0.25) is 0 Å². The van der Waals surface area contributed by atoms with Crippen molar-refractivity contribution in [1.29, 1.82) is 0 Å². The molecule has 0 saturated carbocycles. The van der Waals surface area contributed by atoms with Crippen molar-refractivity contribution in [3.63, 3.8) is 0 Å². The van der Waals surface area contributed by atoms with Gasteiger partial charge in [-0.25, -0.2) is 4.98 Å². The molecule has 1 aliphatic heterocycles. The number of anilines is 2. The van der Waals surface area contributed by atoms with E-state index in [1.54, 1.807) is 25.0 Å². The third kappa shape index (κ3) is 2.65. The molecular weight excluding hydrogens is 392 g/mol. The summed E-state index contributed by atoms with van der Waals surface area (Å²) < 4.78 is 10.9. The first-order valence-electron chi connectivity index (χ1n) is 9.24. The number of fused-ring (bicyclic) bond motifs is 4. The highest BCUT2D eigenvalue weighted by molar-refractivity contribution is 6.19. The number of rotatable bonds is 3. The minimum absolute atomic E-state index is 0.0484. The summed E-state index contributed by atoms with van der Waals surface area (Å²) in [5.74, 6) is 1.44. The number of nitrogen functional groups attached to an aromatic ring is 1. The van der Waals surface area contributed by atoms with Gasteiger partial charge in [0.1, 0.15) is 17.0 Å². The number of alkyl halides is 1. The lowest BCUT2D eigenvalue weighted by Gasteiger charge is -2.17. The van der Waals surface area contributed by atoms with Crippen molar-refractivity contribution in [2.45, 2.75) is 12.8 Å². The number of benzene rings is 2. The summed E-state index contributed by atoms with van der Waals surface area (Å²) in [7, 11) is 1.62. The van der Waals surface area contributed by atoms with Gasteiger partial charge in [-0.15, -0.1) is 11.6 Å². The van der Waals surface area contributed by atoms with Crippen molar-refractivity contribution in [1.82, 2.24) is 9.97 Å². The van der Waals surface area contributed by atoms with Crippen molar-refractivity contribution in [2.75, 3.05) is 30.2 Å². The highest BCUT2D eigenvalue weighted by atomic mass is 35.5. The average molecular weight is 411 g/mol. The summed E-state index contributed by atoms with van der Waals surface area (Å²) in [4.78, 5) is 22.8. The second-order valence-corrected chi connectivity index (χ2v) is 7.52. The van der Waals surface area contributed by atoms with E-state index in [1.165, 1.54) is 0 Å². The van der Waals surface area contributed by atoms with E-state index in [4.69, 9.17) is 26.5 Å². The minimum atomic E-state index is -0.145. The number of aromatic amines is 1. The Morgan fingerprint density at radius 3 is 3.00 bits per heavy atom. The maximum absolute atomic E-state index is 13.4. The van der Waals surface area contributed by atoms with Crippen LogP contribution in [0.1, 0.15) is 27.9 Å². The predicted molar refractivity (Wildman–Crippen MR) is 113 cm³/mol. The van der Waals surface area contributed by atoms with Crippen molar-refractivity contribution in [2.24, 2.45) is 0 Å². The van der Waals surface area contributed by atoms with E-state index in [0.717, 1.165) is 27.9 Å². The lowest BCUT2D eigenvalue weighted by Crippen LogP contribution is -2.30. The molecule has 0 saturated heterocycles. The largest absolute Gasteiger partial charge is 0.497 e. The molecule has 1 amide bonds. The number of hydrogen-bond donors (Lipinski definition) is 2. The Morgan fingerprint density at radius 2 is 2.24 bits per heavy atom. The third-order valence-corrected chi connectivity index (χ3v) is 5.78. The SMILES string of the molecule is COc1ccc2[nH]c(C(=O)N3CC(CCl)c4c3cc(N)c3oc(C)nc43)cc2c1. The molecule has 0 fully saturated rings. The Balaban J connectivity index is 1.62. The van der Waals surface area contributed by atoms with E-state index in [0.29, 0.717) is 40.8 Å². The number of halogens is 1. The van der Waals surface area contributed by atoms with Gasteiger partial charge in [-0.05, 0) is 30.3 Å². The van der Waals surface area contributed by atoms with Gasteiger partial charge in [0.2, 0.25) is 0 Å². The van der Waals surface area contributed by atoms with Crippen molar-refractivity contribution in [3.05, 3.63) is 47.5 Å². The summed E-state index contributed by atoms with van der Waals surface area (Å²) in [5, 5.41) is 0.906. The molecule has 8 heteroatoms. The summed E-state index contributed by atoms with van der Waals surface area (Å²) in [6.07, 6.45) is 0. The van der Waals surface area contributed by atoms with Crippen LogP contribution in [-0.4, -0.2) is 35.4 Å². The maximum Gasteiger partial charge on any atom is 0.274 e. The molecule has 1 aliphatic rings. The number of amides is 1. The fourth-order valence-electron chi connectivity index (χ4n) is 4.07. The Labute approximate surface area is 171 Å². The normalized spacial score (nSPS) is 16.0. The zero-order chi connectivity index (χ0) is 20.3. The van der Waals surface area contributed by atoms with Crippen LogP contribution >= 0.6 is 11.6 Å². The molecule has 0 spiro atoms. The van der Waals surface area contributed by atoms with Crippen molar-refractivity contribution < 1.29 is 13.9 Å². The molecule has 5 rings (SSSR count). The lowest BCUT2D eigenvalue weighted by molar-refractivity contribution is 0.0984. The van der Waals surface area contributed by atoms with E-state index in [9.17, 15) is 4.79 Å². The molecule has 29 heavy (non-hydrogen) atoms. The Hall–Kier alpha value is -3.19. The van der Waals surface area contributed by atoms with Gasteiger partial charge in [0.15, 0.2) is 11.5 Å².